The fourth-order valence-corrected chi connectivity index (χ4v) is 3.72. The first-order chi connectivity index (χ1) is 13.7. The van der Waals surface area contributed by atoms with E-state index in [2.05, 4.69) is 64.1 Å². The Morgan fingerprint density at radius 1 is 0.536 bits per heavy atom. The molecule has 0 fully saturated rings. The van der Waals surface area contributed by atoms with Crippen LogP contribution < -0.4 is 0 Å². The second-order valence-electron chi connectivity index (χ2n) is 7.41. The molecule has 0 saturated heterocycles. The molecule has 150 valence electrons. The van der Waals surface area contributed by atoms with Crippen molar-refractivity contribution < 1.29 is 0 Å². The van der Waals surface area contributed by atoms with Crippen molar-refractivity contribution >= 4 is 23.8 Å². The van der Waals surface area contributed by atoms with Crippen LogP contribution in [0.15, 0.2) is 46.4 Å². The number of benzene rings is 2. The van der Waals surface area contributed by atoms with Crippen molar-refractivity contribution in [3.8, 4) is 0 Å². The zero-order valence-electron chi connectivity index (χ0n) is 18.2. The molecule has 0 aliphatic carbocycles. The van der Waals surface area contributed by atoms with Gasteiger partial charge in [0.05, 0.1) is 11.4 Å². The van der Waals surface area contributed by atoms with E-state index in [1.165, 1.54) is 22.3 Å². The van der Waals surface area contributed by atoms with Crippen molar-refractivity contribution in [1.29, 1.82) is 0 Å². The molecular weight excluding hydrogens is 340 g/mol. The molecule has 0 amide bonds. The molecule has 0 saturated carbocycles. The van der Waals surface area contributed by atoms with Crippen molar-refractivity contribution in [2.45, 2.75) is 79.1 Å². The average Bonchev–Trinajstić information content (AvgIpc) is 2.69. The quantitative estimate of drug-likeness (QED) is 0.361. The maximum atomic E-state index is 4.84. The summed E-state index contributed by atoms with van der Waals surface area (Å²) in [6, 6.07) is 13.2. The zero-order chi connectivity index (χ0) is 20.2. The highest BCUT2D eigenvalue weighted by Gasteiger charge is 2.07. The van der Waals surface area contributed by atoms with Crippen LogP contribution in [0, 0.1) is 0 Å². The fraction of sp³-hybridized carbons (Fsp3) is 0.462. The van der Waals surface area contributed by atoms with E-state index < -0.39 is 0 Å². The molecule has 28 heavy (non-hydrogen) atoms. The van der Waals surface area contributed by atoms with Gasteiger partial charge in [-0.15, -0.1) is 0 Å². The summed E-state index contributed by atoms with van der Waals surface area (Å²) < 4.78 is 0. The van der Waals surface area contributed by atoms with E-state index in [1.54, 1.807) is 0 Å². The lowest BCUT2D eigenvalue weighted by molar-refractivity contribution is 0.895. The summed E-state index contributed by atoms with van der Waals surface area (Å²) in [5.41, 5.74) is 7.67. The standard InChI is InChI=1S/C26H36N2/c1-5-11-21-15-9-16-22(12-6-2)25(21)27-19-20-28-26-23(13-7-3)17-10-18-24(26)14-8-4/h9-10,15-20H,5-8,11-14H2,1-4H3. The van der Waals surface area contributed by atoms with Crippen LogP contribution in [0.1, 0.15) is 75.6 Å². The molecule has 2 aromatic rings. The summed E-state index contributed by atoms with van der Waals surface area (Å²) in [5, 5.41) is 0. The molecule has 0 N–H and O–H groups in total. The number of nitrogens with zero attached hydrogens (tertiary/aromatic N) is 2. The molecule has 0 heterocycles. The van der Waals surface area contributed by atoms with Crippen LogP contribution >= 0.6 is 0 Å². The monoisotopic (exact) mass is 376 g/mol. The Kier molecular flexibility index (Phi) is 9.68. The number of hydrogen-bond donors (Lipinski definition) is 0. The highest BCUT2D eigenvalue weighted by atomic mass is 14.8. The second kappa shape index (κ2) is 12.3. The third kappa shape index (κ3) is 6.15. The van der Waals surface area contributed by atoms with E-state index in [9.17, 15) is 0 Å². The summed E-state index contributed by atoms with van der Waals surface area (Å²) in [5.74, 6) is 0. The van der Waals surface area contributed by atoms with E-state index in [0.717, 1.165) is 62.7 Å². The summed E-state index contributed by atoms with van der Waals surface area (Å²) in [4.78, 5) is 9.67. The molecule has 0 atom stereocenters. The lowest BCUT2D eigenvalue weighted by Gasteiger charge is -2.10. The van der Waals surface area contributed by atoms with Gasteiger partial charge in [-0.05, 0) is 47.9 Å². The predicted molar refractivity (Wildman–Crippen MR) is 125 cm³/mol. The fourth-order valence-electron chi connectivity index (χ4n) is 3.72. The van der Waals surface area contributed by atoms with Crippen molar-refractivity contribution in [2.75, 3.05) is 0 Å². The molecule has 0 aromatic heterocycles. The minimum atomic E-state index is 1.07. The molecule has 2 heteroatoms. The van der Waals surface area contributed by atoms with Crippen LogP contribution in [-0.4, -0.2) is 12.4 Å². The molecule has 0 bridgehead atoms. The molecule has 2 aromatic carbocycles. The number of para-hydroxylation sites is 2. The van der Waals surface area contributed by atoms with Crippen LogP contribution in [0.4, 0.5) is 11.4 Å². The van der Waals surface area contributed by atoms with Crippen LogP contribution in [-0.2, 0) is 25.7 Å². The van der Waals surface area contributed by atoms with Gasteiger partial charge < -0.3 is 0 Å². The van der Waals surface area contributed by atoms with Gasteiger partial charge in [-0.3, -0.25) is 9.98 Å². The van der Waals surface area contributed by atoms with Crippen LogP contribution in [0.3, 0.4) is 0 Å². The lowest BCUT2D eigenvalue weighted by atomic mass is 10.0. The summed E-state index contributed by atoms with van der Waals surface area (Å²) in [7, 11) is 0. The van der Waals surface area contributed by atoms with Crippen LogP contribution in [0.25, 0.3) is 0 Å². The van der Waals surface area contributed by atoms with E-state index in [-0.39, 0.29) is 0 Å². The highest BCUT2D eigenvalue weighted by molar-refractivity contribution is 6.17. The van der Waals surface area contributed by atoms with E-state index in [4.69, 9.17) is 9.98 Å². The third-order valence-electron chi connectivity index (χ3n) is 4.96. The van der Waals surface area contributed by atoms with E-state index in [1.807, 2.05) is 12.4 Å². The van der Waals surface area contributed by atoms with E-state index in [0.29, 0.717) is 0 Å². The smallest absolute Gasteiger partial charge is 0.0694 e. The Labute approximate surface area is 171 Å². The first-order valence-electron chi connectivity index (χ1n) is 11.0. The van der Waals surface area contributed by atoms with Crippen molar-refractivity contribution in [1.82, 2.24) is 0 Å². The second-order valence-corrected chi connectivity index (χ2v) is 7.41. The molecule has 0 aliphatic rings. The zero-order valence-corrected chi connectivity index (χ0v) is 18.2. The number of aryl methyl sites for hydroxylation is 4. The van der Waals surface area contributed by atoms with Crippen LogP contribution in [0.2, 0.25) is 0 Å². The van der Waals surface area contributed by atoms with E-state index >= 15 is 0 Å². The normalized spacial score (nSPS) is 11.7. The summed E-state index contributed by atoms with van der Waals surface area (Å²) in [6.07, 6.45) is 12.6. The number of aliphatic imine (C=N–C) groups is 2. The molecule has 2 nitrogen and oxygen atoms in total. The van der Waals surface area contributed by atoms with Crippen LogP contribution in [0.5, 0.6) is 0 Å². The maximum Gasteiger partial charge on any atom is 0.0694 e. The largest absolute Gasteiger partial charge is 0.255 e. The predicted octanol–water partition coefficient (Wildman–Crippen LogP) is 7.60. The molecule has 0 radical (unpaired) electrons. The minimum absolute atomic E-state index is 1.07. The van der Waals surface area contributed by atoms with Gasteiger partial charge in [-0.25, -0.2) is 0 Å². The molecular formula is C26H36N2. The average molecular weight is 377 g/mol. The first kappa shape index (κ1) is 22.1. The first-order valence-corrected chi connectivity index (χ1v) is 11.0. The van der Waals surface area contributed by atoms with Crippen molar-refractivity contribution in [2.24, 2.45) is 9.98 Å². The van der Waals surface area contributed by atoms with Gasteiger partial charge in [0.15, 0.2) is 0 Å². The Hall–Kier alpha value is -2.22. The Morgan fingerprint density at radius 2 is 0.821 bits per heavy atom. The van der Waals surface area contributed by atoms with Gasteiger partial charge in [0.2, 0.25) is 0 Å². The van der Waals surface area contributed by atoms with Gasteiger partial charge in [0, 0.05) is 12.4 Å². The van der Waals surface area contributed by atoms with Gasteiger partial charge in [-0.1, -0.05) is 89.8 Å². The minimum Gasteiger partial charge on any atom is -0.255 e. The Morgan fingerprint density at radius 3 is 1.07 bits per heavy atom. The topological polar surface area (TPSA) is 24.7 Å². The summed E-state index contributed by atoms with van der Waals surface area (Å²) in [6.45, 7) is 8.89. The number of rotatable bonds is 11. The highest BCUT2D eigenvalue weighted by Crippen LogP contribution is 2.28. The summed E-state index contributed by atoms with van der Waals surface area (Å²) >= 11 is 0. The number of hydrogen-bond acceptors (Lipinski definition) is 2. The van der Waals surface area contributed by atoms with Crippen molar-refractivity contribution in [3.05, 3.63) is 58.7 Å². The lowest BCUT2D eigenvalue weighted by Crippen LogP contribution is -1.93. The SMILES string of the molecule is CCCc1cccc(CCC)c1N=CC=Nc1c(CCC)cccc1CCC. The molecule has 0 aliphatic heterocycles. The Balaban J connectivity index is 2.31. The molecule has 2 rings (SSSR count). The molecule has 0 unspecified atom stereocenters. The van der Waals surface area contributed by atoms with Gasteiger partial charge in [0.1, 0.15) is 0 Å². The molecule has 0 spiro atoms. The van der Waals surface area contributed by atoms with Gasteiger partial charge in [-0.2, -0.15) is 0 Å². The third-order valence-corrected chi connectivity index (χ3v) is 4.96. The maximum absolute atomic E-state index is 4.84. The van der Waals surface area contributed by atoms with Crippen molar-refractivity contribution in [3.63, 3.8) is 0 Å². The van der Waals surface area contributed by atoms with Gasteiger partial charge in [0.25, 0.3) is 0 Å². The van der Waals surface area contributed by atoms with Gasteiger partial charge >= 0.3 is 0 Å². The Bertz CT molecular complexity index is 671.